The molecular weight excluding hydrogens is 224 g/mol. The van der Waals surface area contributed by atoms with Gasteiger partial charge in [-0.25, -0.2) is 4.98 Å². The Morgan fingerprint density at radius 1 is 1.50 bits per heavy atom. The minimum atomic E-state index is 0.269. The Kier molecular flexibility index (Phi) is 6.19. The normalized spacial score (nSPS) is 12.4. The third-order valence-electron chi connectivity index (χ3n) is 2.37. The van der Waals surface area contributed by atoms with E-state index in [4.69, 9.17) is 16.3 Å². The maximum Gasteiger partial charge on any atom is 0.213 e. The van der Waals surface area contributed by atoms with Crippen molar-refractivity contribution in [3.05, 3.63) is 23.9 Å². The van der Waals surface area contributed by atoms with E-state index < -0.39 is 0 Å². The Morgan fingerprint density at radius 3 is 3.00 bits per heavy atom. The second-order valence-corrected chi connectivity index (χ2v) is 4.26. The lowest BCUT2D eigenvalue weighted by molar-refractivity contribution is 0.395. The summed E-state index contributed by atoms with van der Waals surface area (Å²) >= 11 is 6.02. The van der Waals surface area contributed by atoms with E-state index in [0.29, 0.717) is 5.88 Å². The highest BCUT2D eigenvalue weighted by atomic mass is 35.5. The molecule has 0 aliphatic rings. The molecule has 1 atom stereocenters. The molecule has 0 saturated heterocycles. The molecule has 90 valence electrons. The Morgan fingerprint density at radius 2 is 2.31 bits per heavy atom. The zero-order valence-corrected chi connectivity index (χ0v) is 10.6. The fourth-order valence-electron chi connectivity index (χ4n) is 1.35. The maximum absolute atomic E-state index is 6.02. The topological polar surface area (TPSA) is 34.1 Å². The first-order valence-corrected chi connectivity index (χ1v) is 6.04. The number of nitrogens with zero attached hydrogens (tertiary/aromatic N) is 1. The van der Waals surface area contributed by atoms with Crippen molar-refractivity contribution in [1.29, 1.82) is 0 Å². The molecule has 3 nitrogen and oxygen atoms in total. The third-order valence-corrected chi connectivity index (χ3v) is 2.90. The molecule has 0 amide bonds. The Labute approximate surface area is 102 Å². The van der Waals surface area contributed by atoms with E-state index in [2.05, 4.69) is 17.2 Å². The van der Waals surface area contributed by atoms with Gasteiger partial charge in [-0.1, -0.05) is 13.0 Å². The van der Waals surface area contributed by atoms with Crippen molar-refractivity contribution in [1.82, 2.24) is 10.3 Å². The van der Waals surface area contributed by atoms with E-state index in [1.165, 1.54) is 0 Å². The van der Waals surface area contributed by atoms with E-state index >= 15 is 0 Å². The van der Waals surface area contributed by atoms with E-state index in [0.717, 1.165) is 31.6 Å². The fourth-order valence-corrected chi connectivity index (χ4v) is 1.46. The van der Waals surface area contributed by atoms with Gasteiger partial charge in [-0.05, 0) is 25.5 Å². The summed E-state index contributed by atoms with van der Waals surface area (Å²) in [5.41, 5.74) is 0.988. The molecule has 0 spiro atoms. The fraction of sp³-hybridized carbons (Fsp3) is 0.583. The number of hydrogen-bond acceptors (Lipinski definition) is 3. The van der Waals surface area contributed by atoms with Gasteiger partial charge in [0.1, 0.15) is 0 Å². The van der Waals surface area contributed by atoms with Gasteiger partial charge in [0.25, 0.3) is 0 Å². The quantitative estimate of drug-likeness (QED) is 0.590. The highest BCUT2D eigenvalue weighted by Crippen LogP contribution is 2.07. The number of aromatic nitrogens is 1. The van der Waals surface area contributed by atoms with Crippen LogP contribution in [0.1, 0.15) is 25.5 Å². The summed E-state index contributed by atoms with van der Waals surface area (Å²) < 4.78 is 5.06. The first-order valence-electron chi connectivity index (χ1n) is 5.61. The standard InChI is InChI=1S/C12H19ClN2O/c1-3-10(13)7-8-14-9-11-5-4-6-12(15-11)16-2/h4-6,10,14H,3,7-9H2,1-2H3. The van der Waals surface area contributed by atoms with E-state index in [-0.39, 0.29) is 5.38 Å². The second kappa shape index (κ2) is 7.47. The van der Waals surface area contributed by atoms with Gasteiger partial charge in [0, 0.05) is 18.0 Å². The number of methoxy groups -OCH3 is 1. The minimum absolute atomic E-state index is 0.269. The molecule has 1 unspecified atom stereocenters. The zero-order valence-electron chi connectivity index (χ0n) is 9.87. The van der Waals surface area contributed by atoms with Crippen LogP contribution in [0.4, 0.5) is 0 Å². The van der Waals surface area contributed by atoms with Crippen LogP contribution in [-0.2, 0) is 6.54 Å². The molecule has 0 aliphatic heterocycles. The smallest absolute Gasteiger partial charge is 0.213 e. The van der Waals surface area contributed by atoms with Gasteiger partial charge in [-0.2, -0.15) is 0 Å². The van der Waals surface area contributed by atoms with Crippen LogP contribution in [0.2, 0.25) is 0 Å². The van der Waals surface area contributed by atoms with Gasteiger partial charge in [-0.15, -0.1) is 11.6 Å². The van der Waals surface area contributed by atoms with Crippen molar-refractivity contribution in [2.75, 3.05) is 13.7 Å². The van der Waals surface area contributed by atoms with Crippen LogP contribution in [0.25, 0.3) is 0 Å². The van der Waals surface area contributed by atoms with Gasteiger partial charge in [-0.3, -0.25) is 0 Å². The number of rotatable bonds is 7. The zero-order chi connectivity index (χ0) is 11.8. The molecule has 4 heteroatoms. The molecule has 16 heavy (non-hydrogen) atoms. The predicted octanol–water partition coefficient (Wildman–Crippen LogP) is 2.59. The minimum Gasteiger partial charge on any atom is -0.481 e. The summed E-state index contributed by atoms with van der Waals surface area (Å²) in [6, 6.07) is 5.77. The first kappa shape index (κ1) is 13.3. The number of ether oxygens (including phenoxy) is 1. The Balaban J connectivity index is 2.26. The average Bonchev–Trinajstić information content (AvgIpc) is 2.34. The lowest BCUT2D eigenvalue weighted by atomic mass is 10.2. The van der Waals surface area contributed by atoms with Gasteiger partial charge in [0.05, 0.1) is 12.8 Å². The predicted molar refractivity (Wildman–Crippen MR) is 67.0 cm³/mol. The second-order valence-electron chi connectivity index (χ2n) is 3.64. The van der Waals surface area contributed by atoms with Gasteiger partial charge in [0.2, 0.25) is 5.88 Å². The van der Waals surface area contributed by atoms with Gasteiger partial charge >= 0.3 is 0 Å². The molecular formula is C12H19ClN2O. The summed E-state index contributed by atoms with van der Waals surface area (Å²) in [5.74, 6) is 0.656. The number of alkyl halides is 1. The molecule has 0 fully saturated rings. The van der Waals surface area contributed by atoms with Crippen LogP contribution < -0.4 is 10.1 Å². The number of halogens is 1. The number of hydrogen-bond donors (Lipinski definition) is 1. The summed E-state index contributed by atoms with van der Waals surface area (Å²) in [5, 5.41) is 3.58. The Hall–Kier alpha value is -0.800. The van der Waals surface area contributed by atoms with Crippen LogP contribution in [0.5, 0.6) is 5.88 Å². The summed E-state index contributed by atoms with van der Waals surface area (Å²) in [4.78, 5) is 4.31. The van der Waals surface area contributed by atoms with Crippen LogP contribution in [0, 0.1) is 0 Å². The number of nitrogens with one attached hydrogen (secondary N) is 1. The summed E-state index contributed by atoms with van der Waals surface area (Å²) in [7, 11) is 1.62. The molecule has 1 aromatic heterocycles. The molecule has 0 saturated carbocycles. The first-order chi connectivity index (χ1) is 7.76. The average molecular weight is 243 g/mol. The van der Waals surface area contributed by atoms with Gasteiger partial charge < -0.3 is 10.1 Å². The highest BCUT2D eigenvalue weighted by Gasteiger charge is 2.01. The van der Waals surface area contributed by atoms with Crippen LogP contribution in [-0.4, -0.2) is 24.0 Å². The molecule has 1 rings (SSSR count). The summed E-state index contributed by atoms with van der Waals surface area (Å²) in [6.07, 6.45) is 2.00. The lowest BCUT2D eigenvalue weighted by Gasteiger charge is -2.08. The molecule has 0 aliphatic carbocycles. The van der Waals surface area contributed by atoms with Crippen LogP contribution in [0.3, 0.4) is 0 Å². The molecule has 1 aromatic rings. The van der Waals surface area contributed by atoms with Crippen molar-refractivity contribution in [2.45, 2.75) is 31.7 Å². The molecule has 0 radical (unpaired) electrons. The highest BCUT2D eigenvalue weighted by molar-refractivity contribution is 6.20. The monoisotopic (exact) mass is 242 g/mol. The van der Waals surface area contributed by atoms with Gasteiger partial charge in [0.15, 0.2) is 0 Å². The molecule has 0 aromatic carbocycles. The van der Waals surface area contributed by atoms with Crippen molar-refractivity contribution in [3.63, 3.8) is 0 Å². The van der Waals surface area contributed by atoms with Crippen molar-refractivity contribution in [3.8, 4) is 5.88 Å². The maximum atomic E-state index is 6.02. The van der Waals surface area contributed by atoms with E-state index in [1.54, 1.807) is 7.11 Å². The lowest BCUT2D eigenvalue weighted by Crippen LogP contribution is -2.18. The van der Waals surface area contributed by atoms with Crippen molar-refractivity contribution in [2.24, 2.45) is 0 Å². The van der Waals surface area contributed by atoms with Crippen molar-refractivity contribution < 1.29 is 4.74 Å². The van der Waals surface area contributed by atoms with E-state index in [1.807, 2.05) is 18.2 Å². The number of pyridine rings is 1. The third kappa shape index (κ3) is 4.81. The summed E-state index contributed by atoms with van der Waals surface area (Å²) in [6.45, 7) is 3.77. The van der Waals surface area contributed by atoms with Crippen LogP contribution >= 0.6 is 11.6 Å². The molecule has 1 N–H and O–H groups in total. The SMILES string of the molecule is CCC(Cl)CCNCc1cccc(OC)n1. The van der Waals surface area contributed by atoms with Crippen LogP contribution in [0.15, 0.2) is 18.2 Å². The molecule has 0 bridgehead atoms. The van der Waals surface area contributed by atoms with E-state index in [9.17, 15) is 0 Å². The largest absolute Gasteiger partial charge is 0.481 e. The van der Waals surface area contributed by atoms with Crippen molar-refractivity contribution >= 4 is 11.6 Å². The molecule has 1 heterocycles. The Bertz CT molecular complexity index is 307.